The third-order valence-corrected chi connectivity index (χ3v) is 3.39. The zero-order valence-electron chi connectivity index (χ0n) is 12.4. The smallest absolute Gasteiger partial charge is 0.242 e. The Morgan fingerprint density at radius 3 is 2.60 bits per heavy atom. The van der Waals surface area contributed by atoms with Gasteiger partial charge in [-0.25, -0.2) is 0 Å². The largest absolute Gasteiger partial charge is 0.543 e. The topological polar surface area (TPSA) is 34.5 Å². The lowest BCUT2D eigenvalue weighted by atomic mass is 10.2. The zero-order chi connectivity index (χ0) is 14.6. The maximum absolute atomic E-state index is 6.11. The summed E-state index contributed by atoms with van der Waals surface area (Å²) in [7, 11) is -1.65. The molecule has 4 heteroatoms. The predicted octanol–water partition coefficient (Wildman–Crippen LogP) is 4.35. The van der Waals surface area contributed by atoms with Crippen molar-refractivity contribution < 1.29 is 4.43 Å². The van der Waals surface area contributed by atoms with E-state index in [0.717, 1.165) is 17.1 Å². The Hall–Kier alpha value is -1.94. The standard InChI is InChI=1S/C16H20N2OSi/c1-13-8-9-15(16(11-13)19-20(2,3)4)18-12-14-7-5-6-10-17-14/h5-12H,1-4H3/b18-12+. The first-order chi connectivity index (χ1) is 9.44. The fraction of sp³-hybridized carbons (Fsp3) is 0.250. The van der Waals surface area contributed by atoms with Crippen molar-refractivity contribution in [2.75, 3.05) is 0 Å². The van der Waals surface area contributed by atoms with E-state index in [1.165, 1.54) is 5.56 Å². The highest BCUT2D eigenvalue weighted by Gasteiger charge is 2.18. The Labute approximate surface area is 121 Å². The van der Waals surface area contributed by atoms with Crippen LogP contribution in [-0.4, -0.2) is 19.5 Å². The van der Waals surface area contributed by atoms with Gasteiger partial charge in [-0.2, -0.15) is 0 Å². The first-order valence-electron chi connectivity index (χ1n) is 6.69. The molecule has 0 amide bonds. The van der Waals surface area contributed by atoms with Crippen LogP contribution in [0.4, 0.5) is 5.69 Å². The number of nitrogens with zero attached hydrogens (tertiary/aromatic N) is 2. The number of rotatable bonds is 4. The van der Waals surface area contributed by atoms with Gasteiger partial charge in [0.15, 0.2) is 0 Å². The van der Waals surface area contributed by atoms with E-state index < -0.39 is 8.32 Å². The van der Waals surface area contributed by atoms with E-state index >= 15 is 0 Å². The third kappa shape index (κ3) is 4.31. The van der Waals surface area contributed by atoms with Crippen LogP contribution in [0.15, 0.2) is 47.6 Å². The van der Waals surface area contributed by atoms with Crippen LogP contribution in [-0.2, 0) is 0 Å². The molecule has 0 N–H and O–H groups in total. The van der Waals surface area contributed by atoms with Gasteiger partial charge >= 0.3 is 0 Å². The van der Waals surface area contributed by atoms with Gasteiger partial charge in [-0.3, -0.25) is 9.98 Å². The minimum atomic E-state index is -1.65. The molecule has 0 radical (unpaired) electrons. The molecule has 0 aliphatic rings. The molecule has 0 unspecified atom stereocenters. The second-order valence-corrected chi connectivity index (χ2v) is 10.1. The van der Waals surface area contributed by atoms with Crippen LogP contribution in [0, 0.1) is 6.92 Å². The minimum Gasteiger partial charge on any atom is -0.543 e. The van der Waals surface area contributed by atoms with E-state index in [1.807, 2.05) is 36.4 Å². The van der Waals surface area contributed by atoms with Gasteiger partial charge in [0.05, 0.1) is 11.9 Å². The molecule has 0 spiro atoms. The van der Waals surface area contributed by atoms with Gasteiger partial charge in [0.1, 0.15) is 11.4 Å². The average Bonchev–Trinajstić information content (AvgIpc) is 2.37. The lowest BCUT2D eigenvalue weighted by molar-refractivity contribution is 0.558. The van der Waals surface area contributed by atoms with E-state index in [2.05, 4.69) is 36.5 Å². The van der Waals surface area contributed by atoms with Gasteiger partial charge in [-0.1, -0.05) is 12.1 Å². The monoisotopic (exact) mass is 284 g/mol. The summed E-state index contributed by atoms with van der Waals surface area (Å²) in [5, 5.41) is 0. The molecule has 0 saturated carbocycles. The van der Waals surface area contributed by atoms with Crippen LogP contribution in [0.1, 0.15) is 11.3 Å². The number of aromatic nitrogens is 1. The summed E-state index contributed by atoms with van der Waals surface area (Å²) < 4.78 is 6.11. The van der Waals surface area contributed by atoms with Gasteiger partial charge < -0.3 is 4.43 Å². The Morgan fingerprint density at radius 2 is 1.95 bits per heavy atom. The van der Waals surface area contributed by atoms with E-state index in [4.69, 9.17) is 4.43 Å². The SMILES string of the molecule is Cc1ccc(/N=C/c2ccccn2)c(O[Si](C)(C)C)c1. The lowest BCUT2D eigenvalue weighted by Crippen LogP contribution is -2.29. The molecule has 104 valence electrons. The summed E-state index contributed by atoms with van der Waals surface area (Å²) in [5.74, 6) is 0.858. The minimum absolute atomic E-state index is 0.840. The molecule has 0 aliphatic heterocycles. The molecule has 0 saturated heterocycles. The molecule has 1 aromatic heterocycles. The molecule has 20 heavy (non-hydrogen) atoms. The van der Waals surface area contributed by atoms with Crippen molar-refractivity contribution in [3.05, 3.63) is 53.9 Å². The fourth-order valence-electron chi connectivity index (χ4n) is 1.73. The number of hydrogen-bond acceptors (Lipinski definition) is 3. The fourth-order valence-corrected chi connectivity index (χ4v) is 2.55. The predicted molar refractivity (Wildman–Crippen MR) is 86.6 cm³/mol. The highest BCUT2D eigenvalue weighted by Crippen LogP contribution is 2.30. The number of aliphatic imine (C=N–C) groups is 1. The molecular weight excluding hydrogens is 264 g/mol. The first-order valence-corrected chi connectivity index (χ1v) is 10.1. The summed E-state index contributed by atoms with van der Waals surface area (Å²) in [4.78, 5) is 8.75. The summed E-state index contributed by atoms with van der Waals surface area (Å²) in [6.45, 7) is 8.56. The second kappa shape index (κ2) is 6.01. The summed E-state index contributed by atoms with van der Waals surface area (Å²) in [5.41, 5.74) is 2.87. The van der Waals surface area contributed by atoms with Crippen LogP contribution in [0.2, 0.25) is 19.6 Å². The van der Waals surface area contributed by atoms with E-state index in [1.54, 1.807) is 12.4 Å². The Bertz CT molecular complexity index is 604. The molecule has 0 aliphatic carbocycles. The van der Waals surface area contributed by atoms with Crippen LogP contribution in [0.5, 0.6) is 5.75 Å². The number of benzene rings is 1. The van der Waals surface area contributed by atoms with Crippen LogP contribution in [0.3, 0.4) is 0 Å². The van der Waals surface area contributed by atoms with Crippen molar-refractivity contribution in [3.8, 4) is 5.75 Å². The van der Waals surface area contributed by atoms with Crippen molar-refractivity contribution in [1.29, 1.82) is 0 Å². The molecule has 0 atom stereocenters. The van der Waals surface area contributed by atoms with Crippen LogP contribution >= 0.6 is 0 Å². The van der Waals surface area contributed by atoms with Crippen molar-refractivity contribution >= 4 is 20.2 Å². The van der Waals surface area contributed by atoms with Gasteiger partial charge in [0.25, 0.3) is 0 Å². The Balaban J connectivity index is 2.29. The maximum atomic E-state index is 6.11. The van der Waals surface area contributed by atoms with Crippen LogP contribution < -0.4 is 4.43 Å². The Kier molecular flexibility index (Phi) is 4.34. The quantitative estimate of drug-likeness (QED) is 0.618. The summed E-state index contributed by atoms with van der Waals surface area (Å²) >= 11 is 0. The highest BCUT2D eigenvalue weighted by molar-refractivity contribution is 6.70. The lowest BCUT2D eigenvalue weighted by Gasteiger charge is -2.20. The molecular formula is C16H20N2OSi. The summed E-state index contributed by atoms with van der Waals surface area (Å²) in [6, 6.07) is 11.8. The van der Waals surface area contributed by atoms with Crippen molar-refractivity contribution in [3.63, 3.8) is 0 Å². The Morgan fingerprint density at radius 1 is 1.15 bits per heavy atom. The van der Waals surface area contributed by atoms with Gasteiger partial charge in [0, 0.05) is 6.20 Å². The normalized spacial score (nSPS) is 11.8. The van der Waals surface area contributed by atoms with E-state index in [-0.39, 0.29) is 0 Å². The van der Waals surface area contributed by atoms with Crippen molar-refractivity contribution in [2.24, 2.45) is 4.99 Å². The number of aryl methyl sites for hydroxylation is 1. The van der Waals surface area contributed by atoms with Crippen molar-refractivity contribution in [2.45, 2.75) is 26.6 Å². The number of hydrogen-bond donors (Lipinski definition) is 0. The van der Waals surface area contributed by atoms with E-state index in [9.17, 15) is 0 Å². The van der Waals surface area contributed by atoms with Gasteiger partial charge in [-0.15, -0.1) is 0 Å². The molecule has 2 aromatic rings. The first kappa shape index (κ1) is 14.5. The van der Waals surface area contributed by atoms with Crippen molar-refractivity contribution in [1.82, 2.24) is 4.98 Å². The van der Waals surface area contributed by atoms with Crippen LogP contribution in [0.25, 0.3) is 0 Å². The summed E-state index contributed by atoms with van der Waals surface area (Å²) in [6.07, 6.45) is 3.53. The molecule has 1 heterocycles. The average molecular weight is 284 g/mol. The zero-order valence-corrected chi connectivity index (χ0v) is 13.4. The van der Waals surface area contributed by atoms with Gasteiger partial charge in [-0.05, 0) is 56.4 Å². The molecule has 3 nitrogen and oxygen atoms in total. The molecule has 0 bridgehead atoms. The molecule has 2 rings (SSSR count). The number of pyridine rings is 1. The third-order valence-electron chi connectivity index (χ3n) is 2.56. The van der Waals surface area contributed by atoms with Gasteiger partial charge in [0.2, 0.25) is 8.32 Å². The van der Waals surface area contributed by atoms with E-state index in [0.29, 0.717) is 0 Å². The molecule has 0 fully saturated rings. The maximum Gasteiger partial charge on any atom is 0.242 e. The highest BCUT2D eigenvalue weighted by atomic mass is 28.4. The second-order valence-electron chi connectivity index (χ2n) is 5.70. The molecule has 1 aromatic carbocycles.